The van der Waals surface area contributed by atoms with Gasteiger partial charge in [0.05, 0.1) is 34.9 Å². The zero-order valence-corrected chi connectivity index (χ0v) is 22.6. The highest BCUT2D eigenvalue weighted by Crippen LogP contribution is 2.33. The number of methoxy groups -OCH3 is 1. The number of benzene rings is 2. The fourth-order valence-corrected chi connectivity index (χ4v) is 6.88. The molecule has 4 rings (SSSR count). The van der Waals surface area contributed by atoms with Gasteiger partial charge in [0.1, 0.15) is 5.75 Å². The third kappa shape index (κ3) is 5.72. The first-order valence-corrected chi connectivity index (χ1v) is 14.6. The second-order valence-corrected chi connectivity index (χ2v) is 11.8. The summed E-state index contributed by atoms with van der Waals surface area (Å²) in [5.41, 5.74) is 1.16. The van der Waals surface area contributed by atoms with Crippen molar-refractivity contribution in [1.82, 2.24) is 9.29 Å². The first-order valence-electron chi connectivity index (χ1n) is 12.4. The highest BCUT2D eigenvalue weighted by atomic mass is 32.2. The van der Waals surface area contributed by atoms with Crippen molar-refractivity contribution in [3.8, 4) is 5.75 Å². The Morgan fingerprint density at radius 1 is 1.14 bits per heavy atom. The number of carbonyl (C=O) groups excluding carboxylic acids is 1. The molecule has 1 unspecified atom stereocenters. The lowest BCUT2D eigenvalue weighted by Gasteiger charge is -2.23. The Balaban J connectivity index is 1.63. The summed E-state index contributed by atoms with van der Waals surface area (Å²) in [7, 11) is -2.01. The van der Waals surface area contributed by atoms with Crippen molar-refractivity contribution < 1.29 is 22.7 Å². The monoisotopic (exact) mass is 531 g/mol. The third-order valence-electron chi connectivity index (χ3n) is 6.15. The highest BCUT2D eigenvalue weighted by Gasteiger charge is 2.28. The summed E-state index contributed by atoms with van der Waals surface area (Å²) in [6.45, 7) is 5.92. The van der Waals surface area contributed by atoms with Crippen LogP contribution in [0.25, 0.3) is 10.2 Å². The van der Waals surface area contributed by atoms with Gasteiger partial charge in [-0.2, -0.15) is 4.31 Å². The number of anilines is 1. The van der Waals surface area contributed by atoms with E-state index >= 15 is 0 Å². The number of aromatic nitrogens is 1. The number of hydrogen-bond acceptors (Lipinski definition) is 7. The van der Waals surface area contributed by atoms with E-state index < -0.39 is 10.0 Å². The molecule has 10 heteroatoms. The van der Waals surface area contributed by atoms with Gasteiger partial charge in [-0.15, -0.1) is 0 Å². The molecule has 0 spiro atoms. The van der Waals surface area contributed by atoms with Crippen molar-refractivity contribution in [2.24, 2.45) is 0 Å². The molecule has 0 aliphatic carbocycles. The quantitative estimate of drug-likeness (QED) is 0.348. The summed E-state index contributed by atoms with van der Waals surface area (Å²) in [4.78, 5) is 20.2. The Morgan fingerprint density at radius 3 is 2.47 bits per heavy atom. The molecule has 0 bridgehead atoms. The standard InChI is InChI=1S/C26H33N3O5S2/c1-4-14-28(15-5-2)36(31,32)22-11-8-19(9-12-22)25(30)29(18-21-7-6-16-34-21)26-27-23-17-20(33-3)10-13-24(23)35-26/h8-13,17,21H,4-7,14-16,18H2,1-3H3. The van der Waals surface area contributed by atoms with Crippen molar-refractivity contribution in [2.75, 3.05) is 38.3 Å². The average Bonchev–Trinajstić information content (AvgIpc) is 3.56. The molecule has 2 aromatic carbocycles. The van der Waals surface area contributed by atoms with Crippen LogP contribution in [0.1, 0.15) is 49.9 Å². The molecule has 2 heterocycles. The molecule has 194 valence electrons. The van der Waals surface area contributed by atoms with Gasteiger partial charge in [-0.3, -0.25) is 9.69 Å². The molecular formula is C26H33N3O5S2. The van der Waals surface area contributed by atoms with Gasteiger partial charge in [0.2, 0.25) is 10.0 Å². The van der Waals surface area contributed by atoms with Crippen molar-refractivity contribution in [1.29, 1.82) is 0 Å². The number of fused-ring (bicyclic) bond motifs is 1. The molecule has 0 saturated carbocycles. The second kappa shape index (κ2) is 11.7. The van der Waals surface area contributed by atoms with Gasteiger partial charge >= 0.3 is 0 Å². The van der Waals surface area contributed by atoms with E-state index in [-0.39, 0.29) is 16.9 Å². The summed E-state index contributed by atoms with van der Waals surface area (Å²) >= 11 is 1.43. The van der Waals surface area contributed by atoms with Crippen LogP contribution in [0, 0.1) is 0 Å². The lowest BCUT2D eigenvalue weighted by Crippen LogP contribution is -2.37. The van der Waals surface area contributed by atoms with Crippen LogP contribution in [0.5, 0.6) is 5.75 Å². The molecule has 1 atom stereocenters. The maximum Gasteiger partial charge on any atom is 0.260 e. The van der Waals surface area contributed by atoms with E-state index in [1.54, 1.807) is 24.1 Å². The van der Waals surface area contributed by atoms with Gasteiger partial charge in [0.15, 0.2) is 5.13 Å². The predicted molar refractivity (Wildman–Crippen MR) is 143 cm³/mol. The van der Waals surface area contributed by atoms with E-state index in [2.05, 4.69) is 0 Å². The van der Waals surface area contributed by atoms with Gasteiger partial charge < -0.3 is 9.47 Å². The van der Waals surface area contributed by atoms with Crippen LogP contribution in [-0.4, -0.2) is 63.1 Å². The van der Waals surface area contributed by atoms with Crippen molar-refractivity contribution in [3.63, 3.8) is 0 Å². The van der Waals surface area contributed by atoms with Crippen molar-refractivity contribution in [3.05, 3.63) is 48.0 Å². The van der Waals surface area contributed by atoms with Crippen LogP contribution in [0.4, 0.5) is 5.13 Å². The highest BCUT2D eigenvalue weighted by molar-refractivity contribution is 7.89. The number of amides is 1. The normalized spacial score (nSPS) is 16.1. The lowest BCUT2D eigenvalue weighted by atomic mass is 10.2. The van der Waals surface area contributed by atoms with Gasteiger partial charge in [0, 0.05) is 31.3 Å². The van der Waals surface area contributed by atoms with Crippen molar-refractivity contribution >= 4 is 42.6 Å². The van der Waals surface area contributed by atoms with Gasteiger partial charge in [-0.1, -0.05) is 25.2 Å². The van der Waals surface area contributed by atoms with Crippen LogP contribution < -0.4 is 9.64 Å². The summed E-state index contributed by atoms with van der Waals surface area (Å²) in [6, 6.07) is 11.9. The van der Waals surface area contributed by atoms with E-state index in [1.807, 2.05) is 32.0 Å². The minimum atomic E-state index is -3.62. The molecular weight excluding hydrogens is 498 g/mol. The fraction of sp³-hybridized carbons (Fsp3) is 0.462. The molecule has 1 aromatic heterocycles. The van der Waals surface area contributed by atoms with Gasteiger partial charge in [-0.25, -0.2) is 13.4 Å². The summed E-state index contributed by atoms with van der Waals surface area (Å²) < 4.78 is 39.8. The van der Waals surface area contributed by atoms with E-state index in [1.165, 1.54) is 27.8 Å². The van der Waals surface area contributed by atoms with E-state index in [9.17, 15) is 13.2 Å². The van der Waals surface area contributed by atoms with Crippen molar-refractivity contribution in [2.45, 2.75) is 50.5 Å². The second-order valence-electron chi connectivity index (χ2n) is 8.81. The molecule has 1 saturated heterocycles. The summed E-state index contributed by atoms with van der Waals surface area (Å²) in [5, 5.41) is 0.576. The van der Waals surface area contributed by atoms with Gasteiger partial charge in [-0.05, 0) is 62.1 Å². The number of thiazole rings is 1. The Bertz CT molecular complexity index is 1280. The van der Waals surface area contributed by atoms with Crippen LogP contribution in [0.2, 0.25) is 0 Å². The number of ether oxygens (including phenoxy) is 2. The molecule has 0 N–H and O–H groups in total. The molecule has 0 radical (unpaired) electrons. The number of nitrogens with zero attached hydrogens (tertiary/aromatic N) is 3. The lowest BCUT2D eigenvalue weighted by molar-refractivity contribution is 0.0917. The first kappa shape index (κ1) is 26.5. The number of carbonyl (C=O) groups is 1. The minimum Gasteiger partial charge on any atom is -0.497 e. The largest absolute Gasteiger partial charge is 0.497 e. The Labute approximate surface area is 216 Å². The smallest absolute Gasteiger partial charge is 0.260 e. The molecule has 36 heavy (non-hydrogen) atoms. The number of hydrogen-bond donors (Lipinski definition) is 0. The number of sulfonamides is 1. The van der Waals surface area contributed by atoms with E-state index in [4.69, 9.17) is 14.5 Å². The molecule has 1 fully saturated rings. The predicted octanol–water partition coefficient (Wildman–Crippen LogP) is 4.94. The SMILES string of the molecule is CCCN(CCC)S(=O)(=O)c1ccc(C(=O)N(CC2CCCO2)c2nc3cc(OC)ccc3s2)cc1. The zero-order chi connectivity index (χ0) is 25.7. The van der Waals surface area contributed by atoms with E-state index in [0.717, 1.165) is 35.9 Å². The zero-order valence-electron chi connectivity index (χ0n) is 21.0. The average molecular weight is 532 g/mol. The van der Waals surface area contributed by atoms with Gasteiger partial charge in [0.25, 0.3) is 5.91 Å². The Hall–Kier alpha value is -2.53. The summed E-state index contributed by atoms with van der Waals surface area (Å²) in [5.74, 6) is 0.466. The Kier molecular flexibility index (Phi) is 8.61. The molecule has 3 aromatic rings. The molecule has 1 amide bonds. The third-order valence-corrected chi connectivity index (χ3v) is 9.13. The first-order chi connectivity index (χ1) is 17.4. The van der Waals surface area contributed by atoms with E-state index in [0.29, 0.717) is 42.7 Å². The van der Waals surface area contributed by atoms with Crippen LogP contribution in [0.3, 0.4) is 0 Å². The van der Waals surface area contributed by atoms with Crippen LogP contribution >= 0.6 is 11.3 Å². The fourth-order valence-electron chi connectivity index (χ4n) is 4.30. The maximum absolute atomic E-state index is 13.7. The molecule has 1 aliphatic rings. The topological polar surface area (TPSA) is 89.0 Å². The molecule has 8 nitrogen and oxygen atoms in total. The van der Waals surface area contributed by atoms with Crippen LogP contribution in [-0.2, 0) is 14.8 Å². The van der Waals surface area contributed by atoms with Crippen LogP contribution in [0.15, 0.2) is 47.4 Å². The molecule has 1 aliphatic heterocycles. The summed E-state index contributed by atoms with van der Waals surface area (Å²) in [6.07, 6.45) is 3.25. The minimum absolute atomic E-state index is 0.0632. The maximum atomic E-state index is 13.7. The Morgan fingerprint density at radius 2 is 1.86 bits per heavy atom. The number of rotatable bonds is 11.